The summed E-state index contributed by atoms with van der Waals surface area (Å²) in [6.45, 7) is 22.0. The van der Waals surface area contributed by atoms with Crippen LogP contribution >= 0.6 is 0 Å². The van der Waals surface area contributed by atoms with Gasteiger partial charge in [-0.1, -0.05) is 146 Å². The molecule has 0 aliphatic heterocycles. The highest BCUT2D eigenvalue weighted by atomic mass is 17.2. The average Bonchev–Trinajstić information content (AvgIpc) is 3.32. The summed E-state index contributed by atoms with van der Waals surface area (Å²) in [4.78, 5) is 65.1. The Balaban J connectivity index is 0.00000289. The van der Waals surface area contributed by atoms with Gasteiger partial charge in [-0.15, -0.1) is 0 Å². The Morgan fingerprint density at radius 1 is 0.642 bits per heavy atom. The lowest BCUT2D eigenvalue weighted by Gasteiger charge is -2.30. The van der Waals surface area contributed by atoms with E-state index in [2.05, 4.69) is 48.2 Å². The SMILES string of the molecule is CC.CC.Cc1ccc(NC(=O)Nc2cc(CCC(=O)OC(C)OC(=O)N(C)c3ncccc3CON(OCc3ccccc3)OCc3ccccc3)ccc2N(CC(C)C)CC(C)C)cc1. The maximum Gasteiger partial charge on any atom is 0.418 e. The summed E-state index contributed by atoms with van der Waals surface area (Å²) in [5, 5.41) is 6.92. The van der Waals surface area contributed by atoms with Crippen molar-refractivity contribution in [2.45, 2.75) is 108 Å². The highest BCUT2D eigenvalue weighted by Gasteiger charge is 2.23. The lowest BCUT2D eigenvalue weighted by atomic mass is 10.1. The first-order chi connectivity index (χ1) is 32.3. The van der Waals surface area contributed by atoms with Crippen molar-refractivity contribution in [1.29, 1.82) is 0 Å². The topological polar surface area (TPSA) is 144 Å². The van der Waals surface area contributed by atoms with Crippen molar-refractivity contribution in [3.05, 3.63) is 149 Å². The van der Waals surface area contributed by atoms with Gasteiger partial charge in [0.1, 0.15) is 12.4 Å². The molecule has 14 nitrogen and oxygen atoms in total. The van der Waals surface area contributed by atoms with E-state index < -0.39 is 18.4 Å². The molecule has 362 valence electrons. The molecule has 1 heterocycles. The third-order valence-corrected chi connectivity index (χ3v) is 9.46. The van der Waals surface area contributed by atoms with Crippen LogP contribution < -0.4 is 20.4 Å². The van der Waals surface area contributed by atoms with Crippen molar-refractivity contribution in [3.63, 3.8) is 0 Å². The summed E-state index contributed by atoms with van der Waals surface area (Å²) in [6.07, 6.45) is -0.131. The van der Waals surface area contributed by atoms with Gasteiger partial charge in [0, 0.05) is 50.9 Å². The van der Waals surface area contributed by atoms with Gasteiger partial charge in [0.05, 0.1) is 30.0 Å². The molecule has 1 atom stereocenters. The Labute approximate surface area is 398 Å². The van der Waals surface area contributed by atoms with Gasteiger partial charge in [0.25, 0.3) is 0 Å². The van der Waals surface area contributed by atoms with Gasteiger partial charge in [0.15, 0.2) is 0 Å². The largest absolute Gasteiger partial charge is 0.425 e. The Kier molecular flexibility index (Phi) is 24.7. The number of aromatic nitrogens is 1. The first-order valence-corrected chi connectivity index (χ1v) is 23.2. The Morgan fingerprint density at radius 3 is 1.78 bits per heavy atom. The number of amides is 3. The second-order valence-corrected chi connectivity index (χ2v) is 16.0. The van der Waals surface area contributed by atoms with Crippen molar-refractivity contribution in [2.24, 2.45) is 11.8 Å². The summed E-state index contributed by atoms with van der Waals surface area (Å²) >= 11 is 0. The van der Waals surface area contributed by atoms with Crippen LogP contribution in [0.15, 0.2) is 121 Å². The maximum atomic E-state index is 13.3. The number of ether oxygens (including phenoxy) is 2. The number of urea groups is 1. The van der Waals surface area contributed by atoms with Crippen molar-refractivity contribution in [1.82, 2.24) is 10.4 Å². The summed E-state index contributed by atoms with van der Waals surface area (Å²) in [5.74, 6) is 0.464. The number of nitrogens with zero attached hydrogens (tertiary/aromatic N) is 4. The normalized spacial score (nSPS) is 11.1. The molecule has 0 aliphatic rings. The van der Waals surface area contributed by atoms with E-state index in [1.165, 1.54) is 25.1 Å². The zero-order valence-electron chi connectivity index (χ0n) is 41.3. The molecule has 0 saturated carbocycles. The molecule has 5 aromatic rings. The van der Waals surface area contributed by atoms with Crippen molar-refractivity contribution >= 4 is 41.0 Å². The molecule has 0 saturated heterocycles. The minimum absolute atomic E-state index is 0.00466. The molecule has 0 bridgehead atoms. The van der Waals surface area contributed by atoms with E-state index in [9.17, 15) is 14.4 Å². The minimum atomic E-state index is -1.20. The van der Waals surface area contributed by atoms with Gasteiger partial charge < -0.3 is 25.0 Å². The number of rotatable bonds is 22. The summed E-state index contributed by atoms with van der Waals surface area (Å²) in [5.41, 5.74) is 6.45. The fourth-order valence-electron chi connectivity index (χ4n) is 6.49. The lowest BCUT2D eigenvalue weighted by Crippen LogP contribution is -2.33. The lowest BCUT2D eigenvalue weighted by molar-refractivity contribution is -0.538. The van der Waals surface area contributed by atoms with E-state index in [1.807, 2.05) is 138 Å². The molecule has 67 heavy (non-hydrogen) atoms. The third-order valence-electron chi connectivity index (χ3n) is 9.46. The Bertz CT molecular complexity index is 2140. The number of pyridine rings is 1. The van der Waals surface area contributed by atoms with Crippen LogP contribution in [0.1, 0.15) is 96.6 Å². The number of hydrogen-bond donors (Lipinski definition) is 2. The van der Waals surface area contributed by atoms with E-state index in [-0.39, 0.29) is 38.1 Å². The molecule has 1 aromatic heterocycles. The Morgan fingerprint density at radius 2 is 1.21 bits per heavy atom. The number of aryl methyl sites for hydroxylation is 2. The predicted molar refractivity (Wildman–Crippen MR) is 267 cm³/mol. The highest BCUT2D eigenvalue weighted by Crippen LogP contribution is 2.30. The number of benzene rings is 4. The zero-order chi connectivity index (χ0) is 49.1. The fourth-order valence-corrected chi connectivity index (χ4v) is 6.49. The van der Waals surface area contributed by atoms with Gasteiger partial charge in [-0.05, 0) is 72.2 Å². The molecular weight excluding hydrogens is 849 g/mol. The minimum Gasteiger partial charge on any atom is -0.425 e. The van der Waals surface area contributed by atoms with E-state index in [0.29, 0.717) is 35.2 Å². The average molecular weight is 921 g/mol. The van der Waals surface area contributed by atoms with E-state index in [0.717, 1.165) is 46.4 Å². The first-order valence-electron chi connectivity index (χ1n) is 23.2. The smallest absolute Gasteiger partial charge is 0.418 e. The molecule has 0 aliphatic carbocycles. The number of esters is 1. The first kappa shape index (κ1) is 55.0. The van der Waals surface area contributed by atoms with Crippen LogP contribution in [0, 0.1) is 18.8 Å². The maximum absolute atomic E-state index is 13.3. The number of hydrogen-bond acceptors (Lipinski definition) is 11. The third kappa shape index (κ3) is 20.0. The molecule has 3 amide bonds. The molecule has 1 unspecified atom stereocenters. The molecule has 2 N–H and O–H groups in total. The van der Waals surface area contributed by atoms with Gasteiger partial charge in [-0.2, -0.15) is 0 Å². The van der Waals surface area contributed by atoms with E-state index in [1.54, 1.807) is 12.1 Å². The summed E-state index contributed by atoms with van der Waals surface area (Å²) < 4.78 is 11.0. The van der Waals surface area contributed by atoms with Gasteiger partial charge in [-0.3, -0.25) is 9.69 Å². The van der Waals surface area contributed by atoms with Crippen molar-refractivity contribution in [3.8, 4) is 0 Å². The monoisotopic (exact) mass is 921 g/mol. The van der Waals surface area contributed by atoms with Crippen LogP contribution in [0.3, 0.4) is 0 Å². The molecule has 4 aromatic carbocycles. The van der Waals surface area contributed by atoms with Crippen LogP contribution in [0.4, 0.5) is 32.5 Å². The number of carbonyl (C=O) groups excluding carboxylic acids is 3. The number of carbonyl (C=O) groups is 3. The van der Waals surface area contributed by atoms with Crippen molar-refractivity contribution < 1.29 is 38.4 Å². The van der Waals surface area contributed by atoms with Gasteiger partial charge >= 0.3 is 18.1 Å². The zero-order valence-corrected chi connectivity index (χ0v) is 41.3. The molecule has 0 fully saturated rings. The molecule has 0 spiro atoms. The number of anilines is 4. The highest BCUT2D eigenvalue weighted by molar-refractivity contribution is 6.02. The van der Waals surface area contributed by atoms with Crippen LogP contribution in [0.25, 0.3) is 0 Å². The second kappa shape index (κ2) is 30.1. The Hall–Kier alpha value is -6.32. The van der Waals surface area contributed by atoms with Gasteiger partial charge in [0.2, 0.25) is 6.29 Å². The summed E-state index contributed by atoms with van der Waals surface area (Å²) in [6, 6.07) is 35.7. The van der Waals surface area contributed by atoms with E-state index in [4.69, 9.17) is 24.0 Å². The standard InChI is InChI=1S/C49H60N6O8.2C2H6/c1-35(2)30-54(31-36(3)4)45-26-22-39(29-44(45)52-48(57)51-43-24-20-37(5)21-25-43)23-27-46(56)62-38(6)63-49(58)53(7)47-42(19-14-28-50-47)34-61-55(59-32-40-15-10-8-11-16-40)60-33-41-17-12-9-13-18-41;2*1-2/h8-22,24-26,28-29,35-36,38H,23,27,30-34H2,1-7H3,(H2,51,52,57);2*1-2H3. The molecule has 5 rings (SSSR count). The van der Waals surface area contributed by atoms with Crippen LogP contribution in [-0.4, -0.2) is 54.9 Å². The van der Waals surface area contributed by atoms with Gasteiger partial charge in [-0.25, -0.2) is 29.1 Å². The number of nitrogens with one attached hydrogen (secondary N) is 2. The van der Waals surface area contributed by atoms with E-state index >= 15 is 0 Å². The molecule has 14 heteroatoms. The molecular formula is C53H72N6O8. The predicted octanol–water partition coefficient (Wildman–Crippen LogP) is 12.3. The van der Waals surface area contributed by atoms with Crippen LogP contribution in [0.5, 0.6) is 0 Å². The van der Waals surface area contributed by atoms with Crippen molar-refractivity contribution in [2.75, 3.05) is 40.6 Å². The fraction of sp³-hybridized carbons (Fsp3) is 0.396. The summed E-state index contributed by atoms with van der Waals surface area (Å²) in [7, 11) is 1.50. The van der Waals surface area contributed by atoms with Crippen LogP contribution in [-0.2, 0) is 55.0 Å². The molecule has 0 radical (unpaired) electrons. The van der Waals surface area contributed by atoms with Crippen LogP contribution in [0.2, 0.25) is 0 Å². The quantitative estimate of drug-likeness (QED) is 0.0389. The second-order valence-electron chi connectivity index (χ2n) is 16.0.